The van der Waals surface area contributed by atoms with Crippen molar-refractivity contribution in [2.75, 3.05) is 19.9 Å². The van der Waals surface area contributed by atoms with Gasteiger partial charge in [0.25, 0.3) is 0 Å². The maximum atomic E-state index is 13.0. The quantitative estimate of drug-likeness (QED) is 0.154. The van der Waals surface area contributed by atoms with Crippen molar-refractivity contribution in [3.63, 3.8) is 0 Å². The van der Waals surface area contributed by atoms with E-state index in [0.29, 0.717) is 0 Å². The fourth-order valence-electron chi connectivity index (χ4n) is 3.82. The summed E-state index contributed by atoms with van der Waals surface area (Å²) in [6, 6.07) is 0. The highest BCUT2D eigenvalue weighted by Crippen LogP contribution is 2.27. The molecule has 0 aromatic carbocycles. The molecule has 0 amide bonds. The Morgan fingerprint density at radius 1 is 0.471 bits per heavy atom. The SMILES string of the molecule is O[C@@H]1[C@@H](O)[C@@H](O)O[C@H](CO[C@H]2O[C@H](CO[C@H]3O[C@H](CF)[C@@H](O)[C@H](O)[C@H]3O)[C@@H](O)[C@H](O)[C@H]2O)[C@H]1O. The smallest absolute Gasteiger partial charge is 0.186 e. The van der Waals surface area contributed by atoms with E-state index >= 15 is 0 Å². The van der Waals surface area contributed by atoms with Gasteiger partial charge in [0.05, 0.1) is 13.2 Å². The second-order valence-corrected chi connectivity index (χ2v) is 8.39. The first-order valence-corrected chi connectivity index (χ1v) is 10.5. The summed E-state index contributed by atoms with van der Waals surface area (Å²) in [5.74, 6) is 0. The fraction of sp³-hybridized carbons (Fsp3) is 1.00. The largest absolute Gasteiger partial charge is 0.387 e. The average molecular weight is 506 g/mol. The number of aliphatic hydroxyl groups is 10. The maximum absolute atomic E-state index is 13.0. The number of hydrogen-bond acceptors (Lipinski definition) is 15. The van der Waals surface area contributed by atoms with Gasteiger partial charge < -0.3 is 74.7 Å². The Kier molecular flexibility index (Phi) is 9.51. The van der Waals surface area contributed by atoms with Gasteiger partial charge in [-0.1, -0.05) is 0 Å². The predicted molar refractivity (Wildman–Crippen MR) is 100 cm³/mol. The Morgan fingerprint density at radius 3 is 1.32 bits per heavy atom. The number of ether oxygens (including phenoxy) is 5. The second kappa shape index (κ2) is 11.6. The highest BCUT2D eigenvalue weighted by atomic mass is 19.1. The van der Waals surface area contributed by atoms with Gasteiger partial charge in [0.15, 0.2) is 18.9 Å². The lowest BCUT2D eigenvalue weighted by Crippen LogP contribution is -2.62. The molecule has 16 heteroatoms. The zero-order valence-electron chi connectivity index (χ0n) is 17.7. The van der Waals surface area contributed by atoms with Crippen LogP contribution in [0.2, 0.25) is 0 Å². The zero-order chi connectivity index (χ0) is 25.3. The molecule has 3 fully saturated rings. The van der Waals surface area contributed by atoms with Crippen molar-refractivity contribution >= 4 is 0 Å². The summed E-state index contributed by atoms with van der Waals surface area (Å²) in [4.78, 5) is 0. The molecule has 200 valence electrons. The minimum Gasteiger partial charge on any atom is -0.387 e. The molecule has 0 radical (unpaired) electrons. The van der Waals surface area contributed by atoms with Crippen LogP contribution in [-0.2, 0) is 23.7 Å². The van der Waals surface area contributed by atoms with Gasteiger partial charge >= 0.3 is 0 Å². The summed E-state index contributed by atoms with van der Waals surface area (Å²) in [7, 11) is 0. The molecule has 3 rings (SSSR count). The minimum absolute atomic E-state index is 0.590. The topological polar surface area (TPSA) is 248 Å². The Bertz CT molecular complexity index is 644. The first-order valence-electron chi connectivity index (χ1n) is 10.5. The summed E-state index contributed by atoms with van der Waals surface area (Å²) in [5, 5.41) is 98.7. The van der Waals surface area contributed by atoms with E-state index in [-0.39, 0.29) is 0 Å². The minimum atomic E-state index is -1.83. The highest BCUT2D eigenvalue weighted by molar-refractivity contribution is 4.92. The molecule has 3 saturated heterocycles. The molecule has 3 heterocycles. The van der Waals surface area contributed by atoms with Crippen molar-refractivity contribution in [2.45, 2.75) is 92.1 Å². The van der Waals surface area contributed by atoms with E-state index in [4.69, 9.17) is 23.7 Å². The van der Waals surface area contributed by atoms with E-state index in [1.807, 2.05) is 0 Å². The average Bonchev–Trinajstić information content (AvgIpc) is 2.82. The Hall–Kier alpha value is -0.670. The summed E-state index contributed by atoms with van der Waals surface area (Å²) in [6.07, 6.45) is -25.1. The predicted octanol–water partition coefficient (Wildman–Crippen LogP) is -6.60. The molecule has 0 aliphatic carbocycles. The molecular weight excluding hydrogens is 475 g/mol. The number of alkyl halides is 1. The number of aliphatic hydroxyl groups excluding tert-OH is 10. The van der Waals surface area contributed by atoms with Crippen molar-refractivity contribution in [3.05, 3.63) is 0 Å². The monoisotopic (exact) mass is 506 g/mol. The zero-order valence-corrected chi connectivity index (χ0v) is 17.7. The summed E-state index contributed by atoms with van der Waals surface area (Å²) in [6.45, 7) is -2.39. The normalized spacial score (nSPS) is 52.5. The molecule has 0 aromatic rings. The van der Waals surface area contributed by atoms with Crippen LogP contribution in [0.25, 0.3) is 0 Å². The van der Waals surface area contributed by atoms with E-state index in [9.17, 15) is 55.5 Å². The maximum Gasteiger partial charge on any atom is 0.186 e. The van der Waals surface area contributed by atoms with E-state index in [1.54, 1.807) is 0 Å². The van der Waals surface area contributed by atoms with E-state index in [1.165, 1.54) is 0 Å². The van der Waals surface area contributed by atoms with Crippen LogP contribution >= 0.6 is 0 Å². The molecule has 15 nitrogen and oxygen atoms in total. The van der Waals surface area contributed by atoms with Gasteiger partial charge in [-0.3, -0.25) is 0 Å². The molecule has 3 aliphatic rings. The van der Waals surface area contributed by atoms with Gasteiger partial charge in [0.1, 0.15) is 79.9 Å². The molecule has 0 unspecified atom stereocenters. The lowest BCUT2D eigenvalue weighted by atomic mass is 9.98. The van der Waals surface area contributed by atoms with Gasteiger partial charge in [0.2, 0.25) is 0 Å². The number of halogens is 1. The van der Waals surface area contributed by atoms with Gasteiger partial charge in [0, 0.05) is 0 Å². The molecule has 34 heavy (non-hydrogen) atoms. The van der Waals surface area contributed by atoms with Crippen LogP contribution in [0.1, 0.15) is 0 Å². The molecule has 0 spiro atoms. The molecule has 0 bridgehead atoms. The third-order valence-corrected chi connectivity index (χ3v) is 6.03. The van der Waals surface area contributed by atoms with Crippen LogP contribution in [-0.4, -0.2) is 163 Å². The third-order valence-electron chi connectivity index (χ3n) is 6.03. The van der Waals surface area contributed by atoms with Crippen molar-refractivity contribution in [3.8, 4) is 0 Å². The van der Waals surface area contributed by atoms with E-state index < -0.39 is 112 Å². The molecule has 10 N–H and O–H groups in total. The van der Waals surface area contributed by atoms with Crippen molar-refractivity contribution in [1.29, 1.82) is 0 Å². The van der Waals surface area contributed by atoms with Crippen LogP contribution in [0.4, 0.5) is 4.39 Å². The molecule has 15 atom stereocenters. The fourth-order valence-corrected chi connectivity index (χ4v) is 3.82. The van der Waals surface area contributed by atoms with Crippen LogP contribution < -0.4 is 0 Å². The highest BCUT2D eigenvalue weighted by Gasteiger charge is 2.49. The standard InChI is InChI=1S/C18H31FO15/c19-1-4-7(20)11(24)14(27)17(33-4)31-3-6-9(22)12(25)15(28)18(34-6)30-2-5-8(21)10(23)13(26)16(29)32-5/h4-18,20-29H,1-3H2/t4-,5-,6-,7-,8-,9-,10+,11+,12+,13-,14-,15-,16+,17+,18+/m1/s1. The van der Waals surface area contributed by atoms with Crippen molar-refractivity contribution < 1.29 is 79.1 Å². The molecule has 0 aromatic heterocycles. The van der Waals surface area contributed by atoms with Crippen LogP contribution in [0, 0.1) is 0 Å². The Labute approximate surface area is 192 Å². The number of rotatable bonds is 7. The third kappa shape index (κ3) is 5.66. The van der Waals surface area contributed by atoms with Gasteiger partial charge in [-0.2, -0.15) is 0 Å². The van der Waals surface area contributed by atoms with Crippen LogP contribution in [0.5, 0.6) is 0 Å². The number of hydrogen-bond donors (Lipinski definition) is 10. The lowest BCUT2D eigenvalue weighted by Gasteiger charge is -2.43. The van der Waals surface area contributed by atoms with E-state index in [0.717, 1.165) is 0 Å². The van der Waals surface area contributed by atoms with Gasteiger partial charge in [-0.05, 0) is 0 Å². The van der Waals surface area contributed by atoms with Crippen molar-refractivity contribution in [1.82, 2.24) is 0 Å². The van der Waals surface area contributed by atoms with Gasteiger partial charge in [-0.15, -0.1) is 0 Å². The Morgan fingerprint density at radius 2 is 0.853 bits per heavy atom. The molecule has 3 aliphatic heterocycles. The summed E-state index contributed by atoms with van der Waals surface area (Å²) < 4.78 is 38.9. The first kappa shape index (κ1) is 27.9. The second-order valence-electron chi connectivity index (χ2n) is 8.39. The first-order chi connectivity index (χ1) is 16.0. The summed E-state index contributed by atoms with van der Waals surface area (Å²) in [5.41, 5.74) is 0. The van der Waals surface area contributed by atoms with Crippen LogP contribution in [0.15, 0.2) is 0 Å². The lowest BCUT2D eigenvalue weighted by molar-refractivity contribution is -0.339. The van der Waals surface area contributed by atoms with Crippen molar-refractivity contribution in [2.24, 2.45) is 0 Å². The van der Waals surface area contributed by atoms with Gasteiger partial charge in [-0.25, -0.2) is 4.39 Å². The van der Waals surface area contributed by atoms with Crippen LogP contribution in [0.3, 0.4) is 0 Å². The summed E-state index contributed by atoms with van der Waals surface area (Å²) >= 11 is 0. The Balaban J connectivity index is 1.58. The van der Waals surface area contributed by atoms with E-state index in [2.05, 4.69) is 0 Å². The molecule has 0 saturated carbocycles. The molecular formula is C18H31FO15.